The number of carbonyl (C=O) groups excluding carboxylic acids is 1. The molecule has 18 heavy (non-hydrogen) atoms. The lowest BCUT2D eigenvalue weighted by Crippen LogP contribution is -2.14. The average Bonchev–Trinajstić information content (AvgIpc) is 2.71. The van der Waals surface area contributed by atoms with Crippen LogP contribution >= 0.6 is 11.3 Å². The number of anilines is 1. The summed E-state index contributed by atoms with van der Waals surface area (Å²) in [5, 5.41) is 11.3. The summed E-state index contributed by atoms with van der Waals surface area (Å²) in [5.74, 6) is -0.0733. The molecule has 0 bridgehead atoms. The van der Waals surface area contributed by atoms with Crippen molar-refractivity contribution < 1.29 is 4.79 Å². The minimum absolute atomic E-state index is 0.0733. The Bertz CT molecular complexity index is 687. The van der Waals surface area contributed by atoms with Crippen LogP contribution in [-0.4, -0.2) is 16.1 Å². The number of thiophene rings is 1. The molecule has 2 aromatic rings. The molecule has 0 aliphatic heterocycles. The van der Waals surface area contributed by atoms with E-state index in [2.05, 4.69) is 15.5 Å². The molecule has 0 unspecified atom stereocenters. The summed E-state index contributed by atoms with van der Waals surface area (Å²) in [6.07, 6.45) is 1.61. The quantitative estimate of drug-likeness (QED) is 0.818. The molecule has 2 heterocycles. The van der Waals surface area contributed by atoms with Crippen molar-refractivity contribution in [2.45, 2.75) is 19.8 Å². The SMILES string of the molecule is CC(=O)Nc1csc2c1CCc1cc(=O)[nH]nc1-2. The van der Waals surface area contributed by atoms with Gasteiger partial charge in [0, 0.05) is 18.4 Å². The van der Waals surface area contributed by atoms with Crippen molar-refractivity contribution in [3.05, 3.63) is 32.9 Å². The standard InChI is InChI=1S/C12H11N3O2S/c1-6(16)13-9-5-18-12-8(9)3-2-7-4-10(17)14-15-11(7)12/h4-5H,2-3H2,1H3,(H,13,16)(H,14,17). The van der Waals surface area contributed by atoms with Crippen molar-refractivity contribution in [2.24, 2.45) is 0 Å². The van der Waals surface area contributed by atoms with Crippen molar-refractivity contribution >= 4 is 22.9 Å². The summed E-state index contributed by atoms with van der Waals surface area (Å²) in [7, 11) is 0. The van der Waals surface area contributed by atoms with E-state index in [1.807, 2.05) is 5.38 Å². The normalized spacial score (nSPS) is 12.7. The van der Waals surface area contributed by atoms with E-state index in [1.165, 1.54) is 6.92 Å². The summed E-state index contributed by atoms with van der Waals surface area (Å²) >= 11 is 1.54. The van der Waals surface area contributed by atoms with E-state index in [-0.39, 0.29) is 11.5 Å². The molecule has 0 saturated heterocycles. The van der Waals surface area contributed by atoms with Gasteiger partial charge in [-0.2, -0.15) is 5.10 Å². The minimum Gasteiger partial charge on any atom is -0.325 e. The number of H-pyrrole nitrogens is 1. The number of amides is 1. The van der Waals surface area contributed by atoms with Gasteiger partial charge in [0.25, 0.3) is 5.56 Å². The summed E-state index contributed by atoms with van der Waals surface area (Å²) < 4.78 is 0. The van der Waals surface area contributed by atoms with Crippen molar-refractivity contribution in [2.75, 3.05) is 5.32 Å². The van der Waals surface area contributed by atoms with Crippen molar-refractivity contribution in [1.29, 1.82) is 0 Å². The Hall–Kier alpha value is -1.95. The van der Waals surface area contributed by atoms with Gasteiger partial charge >= 0.3 is 0 Å². The fraction of sp³-hybridized carbons (Fsp3) is 0.250. The number of rotatable bonds is 1. The van der Waals surface area contributed by atoms with Crippen LogP contribution in [0.1, 0.15) is 18.1 Å². The maximum atomic E-state index is 11.2. The molecule has 0 aromatic carbocycles. The molecule has 1 amide bonds. The zero-order chi connectivity index (χ0) is 12.7. The molecule has 5 nitrogen and oxygen atoms in total. The Morgan fingerprint density at radius 1 is 1.50 bits per heavy atom. The van der Waals surface area contributed by atoms with Crippen LogP contribution in [0.25, 0.3) is 10.6 Å². The molecule has 0 radical (unpaired) electrons. The third kappa shape index (κ3) is 1.74. The molecule has 0 saturated carbocycles. The van der Waals surface area contributed by atoms with Gasteiger partial charge in [-0.3, -0.25) is 9.59 Å². The number of nitrogens with zero attached hydrogens (tertiary/aromatic N) is 1. The maximum absolute atomic E-state index is 11.2. The molecule has 6 heteroatoms. The highest BCUT2D eigenvalue weighted by atomic mass is 32.1. The molecule has 2 N–H and O–H groups in total. The maximum Gasteiger partial charge on any atom is 0.264 e. The minimum atomic E-state index is -0.171. The Labute approximate surface area is 107 Å². The summed E-state index contributed by atoms with van der Waals surface area (Å²) in [4.78, 5) is 23.4. The molecule has 1 aliphatic rings. The second-order valence-electron chi connectivity index (χ2n) is 4.24. The van der Waals surface area contributed by atoms with Gasteiger partial charge in [0.2, 0.25) is 5.91 Å². The second-order valence-corrected chi connectivity index (χ2v) is 5.12. The molecule has 92 valence electrons. The summed E-state index contributed by atoms with van der Waals surface area (Å²) in [6.45, 7) is 1.50. The fourth-order valence-corrected chi connectivity index (χ4v) is 3.29. The molecular weight excluding hydrogens is 250 g/mol. The highest BCUT2D eigenvalue weighted by Crippen LogP contribution is 2.40. The Morgan fingerprint density at radius 2 is 2.33 bits per heavy atom. The number of aryl methyl sites for hydroxylation is 1. The molecule has 0 atom stereocenters. The van der Waals surface area contributed by atoms with Gasteiger partial charge in [0.1, 0.15) is 5.69 Å². The van der Waals surface area contributed by atoms with E-state index in [0.29, 0.717) is 0 Å². The topological polar surface area (TPSA) is 74.8 Å². The largest absolute Gasteiger partial charge is 0.325 e. The van der Waals surface area contributed by atoms with Gasteiger partial charge in [-0.1, -0.05) is 0 Å². The zero-order valence-electron chi connectivity index (χ0n) is 9.74. The van der Waals surface area contributed by atoms with Gasteiger partial charge in [0.15, 0.2) is 0 Å². The van der Waals surface area contributed by atoms with E-state index in [4.69, 9.17) is 0 Å². The lowest BCUT2D eigenvalue weighted by atomic mass is 9.95. The first kappa shape index (κ1) is 11.2. The van der Waals surface area contributed by atoms with Crippen LogP contribution in [0.4, 0.5) is 5.69 Å². The van der Waals surface area contributed by atoms with Crippen molar-refractivity contribution in [3.63, 3.8) is 0 Å². The van der Waals surface area contributed by atoms with E-state index in [1.54, 1.807) is 17.4 Å². The van der Waals surface area contributed by atoms with Crippen LogP contribution in [0, 0.1) is 0 Å². The number of hydrogen-bond donors (Lipinski definition) is 2. The van der Waals surface area contributed by atoms with Gasteiger partial charge < -0.3 is 5.32 Å². The van der Waals surface area contributed by atoms with Gasteiger partial charge in [-0.05, 0) is 24.0 Å². The molecule has 0 fully saturated rings. The first-order valence-corrected chi connectivity index (χ1v) is 6.50. The van der Waals surface area contributed by atoms with Crippen LogP contribution in [-0.2, 0) is 17.6 Å². The highest BCUT2D eigenvalue weighted by Gasteiger charge is 2.22. The average molecular weight is 261 g/mol. The van der Waals surface area contributed by atoms with E-state index in [9.17, 15) is 9.59 Å². The first-order valence-electron chi connectivity index (χ1n) is 5.62. The molecule has 0 spiro atoms. The zero-order valence-corrected chi connectivity index (χ0v) is 10.6. The summed E-state index contributed by atoms with van der Waals surface area (Å²) in [5.41, 5.74) is 3.61. The van der Waals surface area contributed by atoms with Crippen LogP contribution in [0.5, 0.6) is 0 Å². The van der Waals surface area contributed by atoms with Crippen LogP contribution in [0.15, 0.2) is 16.2 Å². The Kier molecular flexibility index (Phi) is 2.52. The first-order chi connectivity index (χ1) is 8.65. The highest BCUT2D eigenvalue weighted by molar-refractivity contribution is 7.14. The van der Waals surface area contributed by atoms with Gasteiger partial charge in [-0.15, -0.1) is 11.3 Å². The van der Waals surface area contributed by atoms with E-state index < -0.39 is 0 Å². The number of fused-ring (bicyclic) bond motifs is 3. The van der Waals surface area contributed by atoms with Crippen LogP contribution < -0.4 is 10.9 Å². The van der Waals surface area contributed by atoms with E-state index >= 15 is 0 Å². The number of hydrogen-bond acceptors (Lipinski definition) is 4. The Balaban J connectivity index is 2.12. The Morgan fingerprint density at radius 3 is 3.11 bits per heavy atom. The smallest absolute Gasteiger partial charge is 0.264 e. The number of aromatic nitrogens is 2. The monoisotopic (exact) mass is 261 g/mol. The van der Waals surface area contributed by atoms with Crippen LogP contribution in [0.2, 0.25) is 0 Å². The number of carbonyl (C=O) groups is 1. The summed E-state index contributed by atoms with van der Waals surface area (Å²) in [6, 6.07) is 1.60. The fourth-order valence-electron chi connectivity index (χ4n) is 2.21. The van der Waals surface area contributed by atoms with Crippen molar-refractivity contribution in [3.8, 4) is 10.6 Å². The number of nitrogens with one attached hydrogen (secondary N) is 2. The molecular formula is C12H11N3O2S. The van der Waals surface area contributed by atoms with Crippen LogP contribution in [0.3, 0.4) is 0 Å². The third-order valence-electron chi connectivity index (χ3n) is 2.95. The third-order valence-corrected chi connectivity index (χ3v) is 3.98. The molecule has 2 aromatic heterocycles. The molecule has 3 rings (SSSR count). The van der Waals surface area contributed by atoms with Gasteiger partial charge in [-0.25, -0.2) is 5.10 Å². The predicted octanol–water partition coefficient (Wildman–Crippen LogP) is 1.56. The lowest BCUT2D eigenvalue weighted by Gasteiger charge is -2.15. The predicted molar refractivity (Wildman–Crippen MR) is 69.9 cm³/mol. The van der Waals surface area contributed by atoms with E-state index in [0.717, 1.165) is 40.2 Å². The second kappa shape index (κ2) is 4.06. The lowest BCUT2D eigenvalue weighted by molar-refractivity contribution is -0.114. The molecule has 1 aliphatic carbocycles. The van der Waals surface area contributed by atoms with Crippen molar-refractivity contribution in [1.82, 2.24) is 10.2 Å². The number of aromatic amines is 1. The van der Waals surface area contributed by atoms with Gasteiger partial charge in [0.05, 0.1) is 10.6 Å².